The van der Waals surface area contributed by atoms with Crippen LogP contribution in [0.25, 0.3) is 0 Å². The quantitative estimate of drug-likeness (QED) is 0.932. The minimum atomic E-state index is 0.161. The number of rotatable bonds is 4. The molecule has 3 rings (SSSR count). The summed E-state index contributed by atoms with van der Waals surface area (Å²) in [4.78, 5) is 1.40. The van der Waals surface area contributed by atoms with Crippen molar-refractivity contribution in [3.05, 3.63) is 39.8 Å². The van der Waals surface area contributed by atoms with Gasteiger partial charge in [-0.25, -0.2) is 0 Å². The summed E-state index contributed by atoms with van der Waals surface area (Å²) in [5.41, 5.74) is 1.58. The van der Waals surface area contributed by atoms with E-state index in [2.05, 4.69) is 60.6 Å². The molecule has 3 nitrogen and oxygen atoms in total. The van der Waals surface area contributed by atoms with Gasteiger partial charge in [-0.15, -0.1) is 33.3 Å². The Balaban J connectivity index is 1.66. The third kappa shape index (κ3) is 3.65. The van der Waals surface area contributed by atoms with E-state index in [0.717, 1.165) is 23.7 Å². The van der Waals surface area contributed by atoms with Gasteiger partial charge in [0, 0.05) is 35.1 Å². The molecule has 0 saturated carbocycles. The van der Waals surface area contributed by atoms with Gasteiger partial charge in [0.15, 0.2) is 0 Å². The van der Waals surface area contributed by atoms with Crippen molar-refractivity contribution in [1.29, 1.82) is 0 Å². The molecule has 21 heavy (non-hydrogen) atoms. The summed E-state index contributed by atoms with van der Waals surface area (Å²) in [7, 11) is 0. The van der Waals surface area contributed by atoms with E-state index in [1.54, 1.807) is 11.3 Å². The molecule has 1 unspecified atom stereocenters. The summed E-state index contributed by atoms with van der Waals surface area (Å²) >= 11 is 3.70. The van der Waals surface area contributed by atoms with Crippen LogP contribution in [0.5, 0.6) is 0 Å². The Hall–Kier alpha value is -0.910. The number of fused-ring (bicyclic) bond motifs is 1. The second kappa shape index (κ2) is 6.07. The lowest BCUT2D eigenvalue weighted by Gasteiger charge is -2.19. The zero-order valence-corrected chi connectivity index (χ0v) is 14.4. The minimum Gasteiger partial charge on any atom is -0.312 e. The fourth-order valence-corrected chi connectivity index (χ4v) is 4.72. The third-order valence-electron chi connectivity index (χ3n) is 3.47. The van der Waals surface area contributed by atoms with Gasteiger partial charge >= 0.3 is 0 Å². The molecule has 112 valence electrons. The lowest BCUT2D eigenvalue weighted by atomic mass is 10.0. The first-order chi connectivity index (χ1) is 10.0. The molecule has 1 aromatic heterocycles. The number of nitrogens with one attached hydrogen (secondary N) is 1. The van der Waals surface area contributed by atoms with Gasteiger partial charge in [0.1, 0.15) is 10.0 Å². The molecule has 1 aromatic carbocycles. The first-order valence-corrected chi connectivity index (χ1v) is 9.12. The summed E-state index contributed by atoms with van der Waals surface area (Å²) in [6, 6.07) is 8.66. The van der Waals surface area contributed by atoms with E-state index in [0.29, 0.717) is 5.92 Å². The lowest BCUT2D eigenvalue weighted by molar-refractivity contribution is 0.429. The summed E-state index contributed by atoms with van der Waals surface area (Å²) in [5, 5.41) is 14.6. The van der Waals surface area contributed by atoms with Gasteiger partial charge in [0.05, 0.1) is 0 Å². The van der Waals surface area contributed by atoms with Crippen molar-refractivity contribution in [2.75, 3.05) is 12.3 Å². The van der Waals surface area contributed by atoms with Gasteiger partial charge in [-0.05, 0) is 32.4 Å². The van der Waals surface area contributed by atoms with Crippen molar-refractivity contribution >= 4 is 23.1 Å². The van der Waals surface area contributed by atoms with Crippen LogP contribution in [0.3, 0.4) is 0 Å². The standard InChI is InChI=1S/C16H21N3S2/c1-16(2,3)17-9-8-14-18-19-15(21-14)12-10-20-13-7-5-4-6-11(12)13/h4-7,12,17H,8-10H2,1-3H3. The topological polar surface area (TPSA) is 37.8 Å². The molecule has 0 bridgehead atoms. The smallest absolute Gasteiger partial charge is 0.125 e. The average molecular weight is 319 g/mol. The molecule has 0 saturated heterocycles. The molecule has 0 fully saturated rings. The van der Waals surface area contributed by atoms with E-state index in [4.69, 9.17) is 0 Å². The second-order valence-corrected chi connectivity index (χ2v) is 8.52. The molecule has 0 amide bonds. The fraction of sp³-hybridized carbons (Fsp3) is 0.500. The summed E-state index contributed by atoms with van der Waals surface area (Å²) in [5.74, 6) is 1.52. The van der Waals surface area contributed by atoms with Crippen LogP contribution in [0.4, 0.5) is 0 Å². The molecule has 1 aliphatic rings. The first kappa shape index (κ1) is 15.0. The Labute approximate surface area is 134 Å². The van der Waals surface area contributed by atoms with E-state index in [-0.39, 0.29) is 5.54 Å². The number of aromatic nitrogens is 2. The number of hydrogen-bond acceptors (Lipinski definition) is 5. The zero-order valence-electron chi connectivity index (χ0n) is 12.7. The molecular formula is C16H21N3S2. The maximum atomic E-state index is 4.44. The molecule has 0 spiro atoms. The van der Waals surface area contributed by atoms with Crippen molar-refractivity contribution < 1.29 is 0 Å². The van der Waals surface area contributed by atoms with Crippen molar-refractivity contribution in [3.8, 4) is 0 Å². The van der Waals surface area contributed by atoms with E-state index in [1.807, 2.05) is 11.8 Å². The van der Waals surface area contributed by atoms with E-state index in [1.165, 1.54) is 15.5 Å². The maximum Gasteiger partial charge on any atom is 0.125 e. The number of hydrogen-bond donors (Lipinski definition) is 1. The highest BCUT2D eigenvalue weighted by Gasteiger charge is 2.27. The van der Waals surface area contributed by atoms with E-state index in [9.17, 15) is 0 Å². The van der Waals surface area contributed by atoms with Crippen molar-refractivity contribution in [1.82, 2.24) is 15.5 Å². The zero-order chi connectivity index (χ0) is 14.9. The highest BCUT2D eigenvalue weighted by atomic mass is 32.2. The predicted octanol–water partition coefficient (Wildman–Crippen LogP) is 3.71. The van der Waals surface area contributed by atoms with Gasteiger partial charge in [-0.2, -0.15) is 0 Å². The number of benzene rings is 1. The SMILES string of the molecule is CC(C)(C)NCCc1nnc(C2CSc3ccccc32)s1. The molecule has 2 heterocycles. The van der Waals surface area contributed by atoms with Crippen LogP contribution in [0.15, 0.2) is 29.2 Å². The fourth-order valence-electron chi connectivity index (χ4n) is 2.42. The van der Waals surface area contributed by atoms with Gasteiger partial charge in [0.2, 0.25) is 0 Å². The van der Waals surface area contributed by atoms with Crippen LogP contribution >= 0.6 is 23.1 Å². The maximum absolute atomic E-state index is 4.44. The van der Waals surface area contributed by atoms with Crippen LogP contribution in [-0.2, 0) is 6.42 Å². The Morgan fingerprint density at radius 3 is 2.86 bits per heavy atom. The Morgan fingerprint density at radius 1 is 1.24 bits per heavy atom. The highest BCUT2D eigenvalue weighted by molar-refractivity contribution is 7.99. The molecule has 1 atom stereocenters. The van der Waals surface area contributed by atoms with Gasteiger partial charge in [-0.1, -0.05) is 18.2 Å². The van der Waals surface area contributed by atoms with Gasteiger partial charge in [-0.3, -0.25) is 0 Å². The molecule has 0 radical (unpaired) electrons. The number of nitrogens with zero attached hydrogens (tertiary/aromatic N) is 2. The van der Waals surface area contributed by atoms with Crippen LogP contribution in [0.2, 0.25) is 0 Å². The molecular weight excluding hydrogens is 298 g/mol. The monoisotopic (exact) mass is 319 g/mol. The second-order valence-electron chi connectivity index (χ2n) is 6.36. The van der Waals surface area contributed by atoms with Crippen molar-refractivity contribution in [2.45, 2.75) is 43.5 Å². The molecule has 5 heteroatoms. The number of thioether (sulfide) groups is 1. The third-order valence-corrected chi connectivity index (χ3v) is 5.75. The van der Waals surface area contributed by atoms with Crippen LogP contribution < -0.4 is 5.32 Å². The largest absolute Gasteiger partial charge is 0.312 e. The van der Waals surface area contributed by atoms with Crippen molar-refractivity contribution in [2.24, 2.45) is 0 Å². The normalized spacial score (nSPS) is 18.0. The molecule has 1 aliphatic heterocycles. The predicted molar refractivity (Wildman–Crippen MR) is 90.4 cm³/mol. The summed E-state index contributed by atoms with van der Waals surface area (Å²) in [6.07, 6.45) is 0.955. The van der Waals surface area contributed by atoms with E-state index >= 15 is 0 Å². The summed E-state index contributed by atoms with van der Waals surface area (Å²) < 4.78 is 0. The average Bonchev–Trinajstić information content (AvgIpc) is 3.03. The van der Waals surface area contributed by atoms with Crippen LogP contribution in [0.1, 0.15) is 42.3 Å². The van der Waals surface area contributed by atoms with Crippen LogP contribution in [-0.4, -0.2) is 28.0 Å². The highest BCUT2D eigenvalue weighted by Crippen LogP contribution is 2.43. The Kier molecular flexibility index (Phi) is 4.33. The van der Waals surface area contributed by atoms with Crippen molar-refractivity contribution in [3.63, 3.8) is 0 Å². The first-order valence-electron chi connectivity index (χ1n) is 7.32. The van der Waals surface area contributed by atoms with E-state index < -0.39 is 0 Å². The summed E-state index contributed by atoms with van der Waals surface area (Å²) in [6.45, 7) is 7.51. The molecule has 2 aromatic rings. The van der Waals surface area contributed by atoms with Gasteiger partial charge in [0.25, 0.3) is 0 Å². The molecule has 0 aliphatic carbocycles. The Morgan fingerprint density at radius 2 is 2.05 bits per heavy atom. The van der Waals surface area contributed by atoms with Gasteiger partial charge < -0.3 is 5.32 Å². The Bertz CT molecular complexity index is 616. The van der Waals surface area contributed by atoms with Crippen LogP contribution in [0, 0.1) is 0 Å². The minimum absolute atomic E-state index is 0.161. The molecule has 1 N–H and O–H groups in total. The lowest BCUT2D eigenvalue weighted by Crippen LogP contribution is -2.37.